The summed E-state index contributed by atoms with van der Waals surface area (Å²) < 4.78 is 10.7. The highest BCUT2D eigenvalue weighted by Crippen LogP contribution is 2.29. The Morgan fingerprint density at radius 2 is 1.67 bits per heavy atom. The zero-order valence-electron chi connectivity index (χ0n) is 24.2. The lowest BCUT2D eigenvalue weighted by Crippen LogP contribution is -2.47. The number of carbonyl (C=O) groups excluding carboxylic acids is 2. The van der Waals surface area contributed by atoms with Crippen LogP contribution in [0.25, 0.3) is 22.3 Å². The van der Waals surface area contributed by atoms with Gasteiger partial charge in [-0.3, -0.25) is 24.6 Å². The molecule has 2 saturated heterocycles. The molecule has 2 fully saturated rings. The maximum atomic E-state index is 12.9. The quantitative estimate of drug-likeness (QED) is 0.268. The molecule has 0 spiro atoms. The molecule has 222 valence electrons. The molecule has 11 nitrogen and oxygen atoms in total. The highest BCUT2D eigenvalue weighted by molar-refractivity contribution is 6.01. The molecule has 1 aromatic heterocycles. The number of aromatic nitrogens is 2. The van der Waals surface area contributed by atoms with Crippen LogP contribution < -0.4 is 30.6 Å². The van der Waals surface area contributed by atoms with Crippen molar-refractivity contribution < 1.29 is 19.1 Å². The van der Waals surface area contributed by atoms with Gasteiger partial charge >= 0.3 is 0 Å². The summed E-state index contributed by atoms with van der Waals surface area (Å²) in [4.78, 5) is 48.6. The summed E-state index contributed by atoms with van der Waals surface area (Å²) in [7, 11) is 3.08. The number of hydrogen-bond donors (Lipinski definition) is 3. The minimum absolute atomic E-state index is 0.213. The number of methoxy groups -OCH3 is 2. The van der Waals surface area contributed by atoms with Crippen LogP contribution in [0.5, 0.6) is 11.5 Å². The fourth-order valence-corrected chi connectivity index (χ4v) is 5.62. The van der Waals surface area contributed by atoms with Gasteiger partial charge in [0.1, 0.15) is 28.8 Å². The monoisotopic (exact) mass is 582 g/mol. The van der Waals surface area contributed by atoms with Crippen molar-refractivity contribution in [2.75, 3.05) is 50.6 Å². The molecule has 11 heteroatoms. The number of piperidine rings is 1. The number of fused-ring (bicyclic) bond motifs is 1. The summed E-state index contributed by atoms with van der Waals surface area (Å²) in [5.41, 5.74) is 4.26. The number of nitrogens with one attached hydrogen (secondary N) is 3. The molecule has 2 amide bonds. The van der Waals surface area contributed by atoms with Gasteiger partial charge in [0.2, 0.25) is 11.8 Å². The Labute approximate surface area is 248 Å². The standard InChI is InChI=1S/C32H34N6O5/c1-42-24-17-26-29(27(18-24)43-2)32(41)36-30(34-26)21-5-9-23(10-6-21)38-15-13-37(14-16-38)19-20-3-7-22(8-4-20)33-25-11-12-28(39)35-31(25)40/h3-10,17-18,25,33H,11-16,19H2,1-2H3,(H,34,36,41)(H,35,39,40). The minimum atomic E-state index is -0.384. The number of hydrogen-bond acceptors (Lipinski definition) is 9. The van der Waals surface area contributed by atoms with Gasteiger partial charge in [-0.1, -0.05) is 12.1 Å². The van der Waals surface area contributed by atoms with Crippen LogP contribution in [0.3, 0.4) is 0 Å². The van der Waals surface area contributed by atoms with Crippen molar-refractivity contribution in [3.63, 3.8) is 0 Å². The lowest BCUT2D eigenvalue weighted by molar-refractivity contribution is -0.133. The summed E-state index contributed by atoms with van der Waals surface area (Å²) in [5.74, 6) is 0.997. The van der Waals surface area contributed by atoms with Gasteiger partial charge in [-0.2, -0.15) is 0 Å². The number of carbonyl (C=O) groups is 2. The van der Waals surface area contributed by atoms with Crippen molar-refractivity contribution in [1.82, 2.24) is 20.2 Å². The number of amides is 2. The van der Waals surface area contributed by atoms with Crippen LogP contribution >= 0.6 is 0 Å². The number of ether oxygens (including phenoxy) is 2. The van der Waals surface area contributed by atoms with Gasteiger partial charge in [0.05, 0.1) is 19.7 Å². The van der Waals surface area contributed by atoms with Crippen molar-refractivity contribution in [1.29, 1.82) is 0 Å². The molecule has 0 aliphatic carbocycles. The Bertz CT molecular complexity index is 1690. The molecule has 3 heterocycles. The van der Waals surface area contributed by atoms with E-state index in [2.05, 4.69) is 54.7 Å². The third-order valence-corrected chi connectivity index (χ3v) is 8.02. The van der Waals surface area contributed by atoms with Crippen LogP contribution in [-0.2, 0) is 16.1 Å². The molecule has 2 aliphatic rings. The first-order chi connectivity index (χ1) is 20.9. The number of nitrogens with zero attached hydrogens (tertiary/aromatic N) is 3. The van der Waals surface area contributed by atoms with E-state index in [1.165, 1.54) is 12.7 Å². The maximum Gasteiger partial charge on any atom is 0.262 e. The summed E-state index contributed by atoms with van der Waals surface area (Å²) in [5, 5.41) is 6.00. The summed E-state index contributed by atoms with van der Waals surface area (Å²) in [6.07, 6.45) is 0.858. The van der Waals surface area contributed by atoms with Crippen LogP contribution in [0, 0.1) is 0 Å². The van der Waals surface area contributed by atoms with Crippen molar-refractivity contribution >= 4 is 34.1 Å². The number of piperazine rings is 1. The topological polar surface area (TPSA) is 129 Å². The van der Waals surface area contributed by atoms with Crippen LogP contribution in [0.4, 0.5) is 11.4 Å². The van der Waals surface area contributed by atoms with Gasteiger partial charge < -0.3 is 24.7 Å². The van der Waals surface area contributed by atoms with Gasteiger partial charge in [0, 0.05) is 68.2 Å². The van der Waals surface area contributed by atoms with Crippen LogP contribution in [0.15, 0.2) is 65.5 Å². The van der Waals surface area contributed by atoms with Crippen molar-refractivity contribution in [2.24, 2.45) is 0 Å². The summed E-state index contributed by atoms with van der Waals surface area (Å²) in [6, 6.07) is 19.2. The Morgan fingerprint density at radius 3 is 2.35 bits per heavy atom. The predicted molar refractivity (Wildman–Crippen MR) is 165 cm³/mol. The molecular formula is C32H34N6O5. The average Bonchev–Trinajstić information content (AvgIpc) is 3.03. The highest BCUT2D eigenvalue weighted by Gasteiger charge is 2.26. The zero-order valence-corrected chi connectivity index (χ0v) is 24.2. The van der Waals surface area contributed by atoms with Crippen molar-refractivity contribution in [2.45, 2.75) is 25.4 Å². The molecule has 1 atom stereocenters. The lowest BCUT2D eigenvalue weighted by Gasteiger charge is -2.36. The smallest absolute Gasteiger partial charge is 0.262 e. The molecule has 0 radical (unpaired) electrons. The molecule has 0 saturated carbocycles. The average molecular weight is 583 g/mol. The molecule has 3 aromatic carbocycles. The fraction of sp³-hybridized carbons (Fsp3) is 0.312. The highest BCUT2D eigenvalue weighted by atomic mass is 16.5. The molecule has 1 unspecified atom stereocenters. The van der Waals surface area contributed by atoms with E-state index in [1.54, 1.807) is 19.2 Å². The third-order valence-electron chi connectivity index (χ3n) is 8.02. The largest absolute Gasteiger partial charge is 0.497 e. The molecule has 43 heavy (non-hydrogen) atoms. The van der Waals surface area contributed by atoms with E-state index in [9.17, 15) is 14.4 Å². The first-order valence-corrected chi connectivity index (χ1v) is 14.3. The molecule has 0 bridgehead atoms. The van der Waals surface area contributed by atoms with Gasteiger partial charge in [-0.05, 0) is 48.4 Å². The van der Waals surface area contributed by atoms with E-state index in [-0.39, 0.29) is 23.4 Å². The fourth-order valence-electron chi connectivity index (χ4n) is 5.62. The van der Waals surface area contributed by atoms with E-state index < -0.39 is 0 Å². The molecule has 3 N–H and O–H groups in total. The number of rotatable bonds is 8. The van der Waals surface area contributed by atoms with Gasteiger partial charge in [-0.15, -0.1) is 0 Å². The van der Waals surface area contributed by atoms with Gasteiger partial charge in [0.25, 0.3) is 5.56 Å². The Balaban J connectivity index is 1.05. The van der Waals surface area contributed by atoms with Crippen LogP contribution in [-0.4, -0.2) is 73.1 Å². The predicted octanol–water partition coefficient (Wildman–Crippen LogP) is 3.15. The summed E-state index contributed by atoms with van der Waals surface area (Å²) in [6.45, 7) is 4.52. The molecule has 2 aliphatic heterocycles. The SMILES string of the molecule is COc1cc(OC)c2c(=O)[nH]c(-c3ccc(N4CCN(Cc5ccc(NC6CCC(=O)NC6=O)cc5)CC4)cc3)nc2c1. The second kappa shape index (κ2) is 12.1. The van der Waals surface area contributed by atoms with Crippen LogP contribution in [0.1, 0.15) is 18.4 Å². The maximum absolute atomic E-state index is 12.9. The Morgan fingerprint density at radius 1 is 0.930 bits per heavy atom. The minimum Gasteiger partial charge on any atom is -0.497 e. The summed E-state index contributed by atoms with van der Waals surface area (Å²) >= 11 is 0. The number of aromatic amines is 1. The second-order valence-electron chi connectivity index (χ2n) is 10.8. The lowest BCUT2D eigenvalue weighted by atomic mass is 10.1. The Hall–Kier alpha value is -4.90. The molecular weight excluding hydrogens is 548 g/mol. The van der Waals surface area contributed by atoms with E-state index in [1.807, 2.05) is 24.3 Å². The number of imide groups is 1. The molecule has 6 rings (SSSR count). The Kier molecular flexibility index (Phi) is 7.97. The van der Waals surface area contributed by atoms with Gasteiger partial charge in [-0.25, -0.2) is 4.98 Å². The second-order valence-corrected chi connectivity index (χ2v) is 10.8. The van der Waals surface area contributed by atoms with E-state index in [0.717, 1.165) is 49.7 Å². The third kappa shape index (κ3) is 6.17. The number of benzene rings is 3. The number of anilines is 2. The van der Waals surface area contributed by atoms with Crippen molar-refractivity contribution in [3.05, 3.63) is 76.6 Å². The zero-order chi connectivity index (χ0) is 29.9. The molecule has 4 aromatic rings. The van der Waals surface area contributed by atoms with Gasteiger partial charge in [0.15, 0.2) is 0 Å². The van der Waals surface area contributed by atoms with E-state index in [0.29, 0.717) is 41.1 Å². The van der Waals surface area contributed by atoms with Crippen LogP contribution in [0.2, 0.25) is 0 Å². The normalized spacial score (nSPS) is 17.5. The number of H-pyrrole nitrogens is 1. The first-order valence-electron chi connectivity index (χ1n) is 14.3. The first kappa shape index (κ1) is 28.2. The van der Waals surface area contributed by atoms with E-state index >= 15 is 0 Å². The van der Waals surface area contributed by atoms with E-state index in [4.69, 9.17) is 9.47 Å². The van der Waals surface area contributed by atoms with Crippen molar-refractivity contribution in [3.8, 4) is 22.9 Å².